The van der Waals surface area contributed by atoms with Crippen LogP contribution in [0, 0.1) is 0 Å². The standard InChI is InChI=1S/C10H15N3O3S2/c1-13(2)9(14)8-11-12-10(17-8)18(15,16)7-5-3-4-6-7/h7H,3-6H2,1-2H3. The number of hydrogen-bond donors (Lipinski definition) is 0. The number of sulfone groups is 1. The van der Waals surface area contributed by atoms with E-state index in [0.717, 1.165) is 24.2 Å². The summed E-state index contributed by atoms with van der Waals surface area (Å²) in [7, 11) is -0.219. The topological polar surface area (TPSA) is 80.2 Å². The normalized spacial score (nSPS) is 17.0. The summed E-state index contributed by atoms with van der Waals surface area (Å²) < 4.78 is 24.4. The van der Waals surface area contributed by atoms with Crippen LogP contribution in [0.25, 0.3) is 0 Å². The van der Waals surface area contributed by atoms with Gasteiger partial charge in [0.2, 0.25) is 19.2 Å². The zero-order chi connectivity index (χ0) is 13.3. The van der Waals surface area contributed by atoms with E-state index >= 15 is 0 Å². The second-order valence-corrected chi connectivity index (χ2v) is 7.90. The third-order valence-electron chi connectivity index (χ3n) is 2.98. The van der Waals surface area contributed by atoms with Crippen LogP contribution in [-0.2, 0) is 9.84 Å². The molecule has 1 fully saturated rings. The first kappa shape index (κ1) is 13.4. The van der Waals surface area contributed by atoms with Gasteiger partial charge in [0.15, 0.2) is 0 Å². The summed E-state index contributed by atoms with van der Waals surface area (Å²) in [5.74, 6) is -0.319. The molecule has 100 valence electrons. The van der Waals surface area contributed by atoms with E-state index < -0.39 is 9.84 Å². The quantitative estimate of drug-likeness (QED) is 0.828. The molecule has 0 saturated heterocycles. The second kappa shape index (κ2) is 4.93. The molecule has 0 atom stereocenters. The number of nitrogens with zero attached hydrogens (tertiary/aromatic N) is 3. The minimum Gasteiger partial charge on any atom is -0.343 e. The van der Waals surface area contributed by atoms with Gasteiger partial charge in [-0.05, 0) is 12.8 Å². The molecule has 18 heavy (non-hydrogen) atoms. The van der Waals surface area contributed by atoms with E-state index in [4.69, 9.17) is 0 Å². The van der Waals surface area contributed by atoms with Crippen molar-refractivity contribution in [2.75, 3.05) is 14.1 Å². The highest BCUT2D eigenvalue weighted by Gasteiger charge is 2.33. The van der Waals surface area contributed by atoms with Crippen LogP contribution in [0.3, 0.4) is 0 Å². The molecule has 1 aliphatic carbocycles. The molecule has 0 unspecified atom stereocenters. The minimum atomic E-state index is -3.40. The average Bonchev–Trinajstić information content (AvgIpc) is 2.99. The summed E-state index contributed by atoms with van der Waals surface area (Å²) >= 11 is 0.862. The fourth-order valence-electron chi connectivity index (χ4n) is 1.94. The zero-order valence-corrected chi connectivity index (χ0v) is 11.9. The van der Waals surface area contributed by atoms with Gasteiger partial charge in [0.1, 0.15) is 0 Å². The maximum atomic E-state index is 12.2. The lowest BCUT2D eigenvalue weighted by molar-refractivity contribution is 0.0826. The largest absolute Gasteiger partial charge is 0.343 e. The Morgan fingerprint density at radius 1 is 1.28 bits per heavy atom. The van der Waals surface area contributed by atoms with Gasteiger partial charge in [-0.3, -0.25) is 4.79 Å². The fraction of sp³-hybridized carbons (Fsp3) is 0.700. The predicted molar refractivity (Wildman–Crippen MR) is 67.4 cm³/mol. The Balaban J connectivity index is 2.27. The molecule has 1 aliphatic rings. The van der Waals surface area contributed by atoms with Crippen molar-refractivity contribution in [3.63, 3.8) is 0 Å². The van der Waals surface area contributed by atoms with E-state index in [1.165, 1.54) is 4.90 Å². The average molecular weight is 289 g/mol. The fourth-order valence-corrected chi connectivity index (χ4v) is 5.05. The van der Waals surface area contributed by atoms with Crippen LogP contribution >= 0.6 is 11.3 Å². The third kappa shape index (κ3) is 2.39. The van der Waals surface area contributed by atoms with Crippen molar-refractivity contribution in [2.45, 2.75) is 35.3 Å². The summed E-state index contributed by atoms with van der Waals surface area (Å²) in [6.45, 7) is 0. The van der Waals surface area contributed by atoms with Gasteiger partial charge in [-0.1, -0.05) is 24.2 Å². The van der Waals surface area contributed by atoms with Crippen molar-refractivity contribution in [1.82, 2.24) is 15.1 Å². The van der Waals surface area contributed by atoms with Gasteiger partial charge in [0, 0.05) is 14.1 Å². The summed E-state index contributed by atoms with van der Waals surface area (Å²) in [4.78, 5) is 13.0. The molecule has 2 rings (SSSR count). The first-order chi connectivity index (χ1) is 8.43. The molecule has 1 amide bonds. The first-order valence-corrected chi connectivity index (χ1v) is 8.08. The van der Waals surface area contributed by atoms with Crippen LogP contribution in [0.4, 0.5) is 0 Å². The molecule has 1 heterocycles. The number of aromatic nitrogens is 2. The van der Waals surface area contributed by atoms with Crippen LogP contribution < -0.4 is 0 Å². The molecule has 8 heteroatoms. The lowest BCUT2D eigenvalue weighted by atomic mass is 10.4. The Kier molecular flexibility index (Phi) is 3.67. The van der Waals surface area contributed by atoms with Gasteiger partial charge in [0.25, 0.3) is 5.91 Å². The molecule has 6 nitrogen and oxygen atoms in total. The summed E-state index contributed by atoms with van der Waals surface area (Å²) in [5.41, 5.74) is 0. The third-order valence-corrected chi connectivity index (χ3v) is 6.55. The monoisotopic (exact) mass is 289 g/mol. The SMILES string of the molecule is CN(C)C(=O)c1nnc(S(=O)(=O)C2CCCC2)s1. The Morgan fingerprint density at radius 3 is 2.44 bits per heavy atom. The van der Waals surface area contributed by atoms with Gasteiger partial charge in [-0.15, -0.1) is 10.2 Å². The Bertz CT molecular complexity index is 544. The molecular weight excluding hydrogens is 274 g/mol. The summed E-state index contributed by atoms with van der Waals surface area (Å²) in [6, 6.07) is 0. The highest BCUT2D eigenvalue weighted by atomic mass is 32.2. The smallest absolute Gasteiger partial charge is 0.284 e. The zero-order valence-electron chi connectivity index (χ0n) is 10.3. The van der Waals surface area contributed by atoms with E-state index in [9.17, 15) is 13.2 Å². The van der Waals surface area contributed by atoms with E-state index in [1.54, 1.807) is 14.1 Å². The van der Waals surface area contributed by atoms with Gasteiger partial charge in [-0.25, -0.2) is 8.42 Å². The summed E-state index contributed by atoms with van der Waals surface area (Å²) in [5, 5.41) is 7.11. The molecule has 0 spiro atoms. The number of carbonyl (C=O) groups excluding carboxylic acids is 1. The van der Waals surface area contributed by atoms with Crippen LogP contribution in [-0.4, -0.2) is 48.8 Å². The number of carbonyl (C=O) groups is 1. The van der Waals surface area contributed by atoms with Crippen molar-refractivity contribution >= 4 is 27.1 Å². The predicted octanol–water partition coefficient (Wildman–Crippen LogP) is 0.956. The Labute approximate surface area is 110 Å². The van der Waals surface area contributed by atoms with Crippen LogP contribution in [0.2, 0.25) is 0 Å². The molecule has 0 N–H and O–H groups in total. The second-order valence-electron chi connectivity index (χ2n) is 4.52. The molecule has 0 aromatic carbocycles. The number of amides is 1. The van der Waals surface area contributed by atoms with Crippen molar-refractivity contribution < 1.29 is 13.2 Å². The van der Waals surface area contributed by atoms with Gasteiger partial charge < -0.3 is 4.90 Å². The van der Waals surface area contributed by atoms with E-state index in [1.807, 2.05) is 0 Å². The van der Waals surface area contributed by atoms with E-state index in [0.29, 0.717) is 12.8 Å². The van der Waals surface area contributed by atoms with Crippen molar-refractivity contribution in [2.24, 2.45) is 0 Å². The van der Waals surface area contributed by atoms with Crippen LogP contribution in [0.1, 0.15) is 35.5 Å². The number of hydrogen-bond acceptors (Lipinski definition) is 6. The molecule has 0 aliphatic heterocycles. The van der Waals surface area contributed by atoms with Gasteiger partial charge in [0.05, 0.1) is 5.25 Å². The van der Waals surface area contributed by atoms with E-state index in [2.05, 4.69) is 10.2 Å². The molecular formula is C10H15N3O3S2. The molecule has 1 aromatic rings. The Hall–Kier alpha value is -1.02. The lowest BCUT2D eigenvalue weighted by Crippen LogP contribution is -2.21. The molecule has 0 bridgehead atoms. The molecule has 1 aromatic heterocycles. The first-order valence-electron chi connectivity index (χ1n) is 5.72. The summed E-state index contributed by atoms with van der Waals surface area (Å²) in [6.07, 6.45) is 3.23. The highest BCUT2D eigenvalue weighted by Crippen LogP contribution is 2.30. The maximum absolute atomic E-state index is 12.2. The van der Waals surface area contributed by atoms with Crippen molar-refractivity contribution in [3.05, 3.63) is 5.01 Å². The van der Waals surface area contributed by atoms with Crippen LogP contribution in [0.15, 0.2) is 4.34 Å². The molecule has 0 radical (unpaired) electrons. The van der Waals surface area contributed by atoms with Gasteiger partial charge in [-0.2, -0.15) is 0 Å². The highest BCUT2D eigenvalue weighted by molar-refractivity contribution is 7.93. The molecule has 1 saturated carbocycles. The lowest BCUT2D eigenvalue weighted by Gasteiger charge is -2.07. The Morgan fingerprint density at radius 2 is 1.89 bits per heavy atom. The number of rotatable bonds is 3. The van der Waals surface area contributed by atoms with Crippen molar-refractivity contribution in [1.29, 1.82) is 0 Å². The minimum absolute atomic E-state index is 0.0281. The van der Waals surface area contributed by atoms with Gasteiger partial charge >= 0.3 is 0 Å². The van der Waals surface area contributed by atoms with E-state index in [-0.39, 0.29) is 20.5 Å². The van der Waals surface area contributed by atoms with Crippen molar-refractivity contribution in [3.8, 4) is 0 Å². The van der Waals surface area contributed by atoms with Crippen LogP contribution in [0.5, 0.6) is 0 Å². The maximum Gasteiger partial charge on any atom is 0.284 e.